The van der Waals surface area contributed by atoms with Gasteiger partial charge >= 0.3 is 0 Å². The number of carbonyl (C=O) groups is 1. The van der Waals surface area contributed by atoms with Crippen molar-refractivity contribution in [3.05, 3.63) is 83.2 Å². The monoisotopic (exact) mass is 317 g/mol. The predicted octanol–water partition coefficient (Wildman–Crippen LogP) is 3.29. The highest BCUT2D eigenvalue weighted by atomic mass is 16.1. The van der Waals surface area contributed by atoms with E-state index in [1.54, 1.807) is 0 Å². The van der Waals surface area contributed by atoms with Crippen LogP contribution >= 0.6 is 0 Å². The third kappa shape index (κ3) is 2.71. The van der Waals surface area contributed by atoms with Crippen molar-refractivity contribution in [3.63, 3.8) is 0 Å². The largest absolute Gasteiger partial charge is 0.347 e. The fraction of sp³-hybridized carbons (Fsp3) is 0.200. The molecule has 1 amide bonds. The van der Waals surface area contributed by atoms with Crippen molar-refractivity contribution in [3.8, 4) is 5.69 Å². The maximum absolute atomic E-state index is 12.6. The molecule has 1 N–H and O–H groups in total. The minimum atomic E-state index is -0.0910. The van der Waals surface area contributed by atoms with Crippen molar-refractivity contribution >= 4 is 5.91 Å². The smallest absolute Gasteiger partial charge is 0.272 e. The van der Waals surface area contributed by atoms with Gasteiger partial charge in [-0.25, -0.2) is 4.68 Å². The summed E-state index contributed by atoms with van der Waals surface area (Å²) < 4.78 is 1.93. The lowest BCUT2D eigenvalue weighted by atomic mass is 10.2. The first kappa shape index (κ1) is 14.7. The Balaban J connectivity index is 1.60. The second-order valence-corrected chi connectivity index (χ2v) is 6.04. The van der Waals surface area contributed by atoms with Crippen LogP contribution in [0, 0.1) is 0 Å². The van der Waals surface area contributed by atoms with Crippen LogP contribution in [0.1, 0.15) is 33.7 Å². The predicted molar refractivity (Wildman–Crippen MR) is 93.2 cm³/mol. The molecule has 0 aliphatic heterocycles. The van der Waals surface area contributed by atoms with Gasteiger partial charge in [0, 0.05) is 17.8 Å². The first-order valence-electron chi connectivity index (χ1n) is 8.31. The number of nitrogens with one attached hydrogen (secondary N) is 1. The van der Waals surface area contributed by atoms with Crippen molar-refractivity contribution in [2.75, 3.05) is 0 Å². The zero-order valence-electron chi connectivity index (χ0n) is 13.4. The van der Waals surface area contributed by atoms with E-state index >= 15 is 0 Å². The molecule has 24 heavy (non-hydrogen) atoms. The summed E-state index contributed by atoms with van der Waals surface area (Å²) in [5.41, 5.74) is 4.94. The van der Waals surface area contributed by atoms with Gasteiger partial charge in [0.05, 0.1) is 5.69 Å². The van der Waals surface area contributed by atoms with Crippen molar-refractivity contribution < 1.29 is 4.79 Å². The van der Waals surface area contributed by atoms with Crippen molar-refractivity contribution in [1.29, 1.82) is 0 Å². The van der Waals surface area contributed by atoms with E-state index in [2.05, 4.69) is 10.4 Å². The molecule has 3 aromatic rings. The number of amides is 1. The molecule has 4 nitrogen and oxygen atoms in total. The number of benzene rings is 2. The fourth-order valence-corrected chi connectivity index (χ4v) is 3.26. The molecule has 0 saturated carbocycles. The van der Waals surface area contributed by atoms with Crippen LogP contribution < -0.4 is 5.32 Å². The highest BCUT2D eigenvalue weighted by Crippen LogP contribution is 2.27. The summed E-state index contributed by atoms with van der Waals surface area (Å²) in [6.07, 6.45) is 2.98. The highest BCUT2D eigenvalue weighted by Gasteiger charge is 2.26. The van der Waals surface area contributed by atoms with E-state index in [0.29, 0.717) is 12.2 Å². The van der Waals surface area contributed by atoms with E-state index in [0.717, 1.165) is 36.1 Å². The van der Waals surface area contributed by atoms with Gasteiger partial charge in [-0.1, -0.05) is 48.5 Å². The van der Waals surface area contributed by atoms with Crippen LogP contribution in [0.4, 0.5) is 0 Å². The molecule has 0 atom stereocenters. The number of aromatic nitrogens is 2. The Morgan fingerprint density at radius 3 is 2.46 bits per heavy atom. The van der Waals surface area contributed by atoms with Crippen LogP contribution in [0.15, 0.2) is 60.7 Å². The third-order valence-corrected chi connectivity index (χ3v) is 4.44. The highest BCUT2D eigenvalue weighted by molar-refractivity contribution is 5.94. The van der Waals surface area contributed by atoms with Crippen LogP contribution in [0.5, 0.6) is 0 Å². The maximum atomic E-state index is 12.6. The lowest BCUT2D eigenvalue weighted by Gasteiger charge is -2.05. The number of carbonyl (C=O) groups excluding carboxylic acids is 1. The molecule has 0 bridgehead atoms. The maximum Gasteiger partial charge on any atom is 0.272 e. The molecule has 1 aromatic heterocycles. The van der Waals surface area contributed by atoms with Gasteiger partial charge in [-0.2, -0.15) is 5.10 Å². The zero-order valence-corrected chi connectivity index (χ0v) is 13.4. The molecule has 2 aromatic carbocycles. The topological polar surface area (TPSA) is 46.9 Å². The van der Waals surface area contributed by atoms with E-state index in [4.69, 9.17) is 0 Å². The quantitative estimate of drug-likeness (QED) is 0.802. The molecule has 120 valence electrons. The molecule has 1 heterocycles. The summed E-state index contributed by atoms with van der Waals surface area (Å²) in [5, 5.41) is 7.61. The number of rotatable bonds is 4. The fourth-order valence-electron chi connectivity index (χ4n) is 3.26. The second-order valence-electron chi connectivity index (χ2n) is 6.04. The van der Waals surface area contributed by atoms with Gasteiger partial charge in [0.2, 0.25) is 0 Å². The summed E-state index contributed by atoms with van der Waals surface area (Å²) in [4.78, 5) is 12.6. The van der Waals surface area contributed by atoms with Crippen molar-refractivity contribution in [2.45, 2.75) is 25.8 Å². The SMILES string of the molecule is O=C(NCc1ccccc1)c1nn(-c2ccccc2)c2c1CCC2. The molecule has 0 spiro atoms. The standard InChI is InChI=1S/C20H19N3O/c24-20(21-14-15-8-3-1-4-9-15)19-17-12-7-13-18(17)23(22-19)16-10-5-2-6-11-16/h1-6,8-11H,7,12-14H2,(H,21,24). The Kier molecular flexibility index (Phi) is 3.87. The molecule has 0 unspecified atom stereocenters. The van der Waals surface area contributed by atoms with Gasteiger partial charge in [0.15, 0.2) is 5.69 Å². The van der Waals surface area contributed by atoms with Crippen molar-refractivity contribution in [1.82, 2.24) is 15.1 Å². The molecule has 1 aliphatic rings. The molecule has 1 aliphatic carbocycles. The van der Waals surface area contributed by atoms with Crippen LogP contribution in [-0.2, 0) is 19.4 Å². The average molecular weight is 317 g/mol. The van der Waals surface area contributed by atoms with Crippen molar-refractivity contribution in [2.24, 2.45) is 0 Å². The van der Waals surface area contributed by atoms with E-state index in [1.807, 2.05) is 65.3 Å². The Morgan fingerprint density at radius 2 is 1.71 bits per heavy atom. The first-order chi connectivity index (χ1) is 11.8. The molecular weight excluding hydrogens is 298 g/mol. The first-order valence-corrected chi connectivity index (χ1v) is 8.31. The molecule has 0 saturated heterocycles. The number of fused-ring (bicyclic) bond motifs is 1. The van der Waals surface area contributed by atoms with Crippen LogP contribution in [-0.4, -0.2) is 15.7 Å². The third-order valence-electron chi connectivity index (χ3n) is 4.44. The Bertz CT molecular complexity index is 853. The minimum Gasteiger partial charge on any atom is -0.347 e. The van der Waals surface area contributed by atoms with Gasteiger partial charge in [0.25, 0.3) is 5.91 Å². The summed E-state index contributed by atoms with van der Waals surface area (Å²) in [6.45, 7) is 0.520. The summed E-state index contributed by atoms with van der Waals surface area (Å²) in [6, 6.07) is 20.0. The van der Waals surface area contributed by atoms with Gasteiger partial charge in [-0.05, 0) is 37.0 Å². The Labute approximate surface area is 141 Å². The Hall–Kier alpha value is -2.88. The number of hydrogen-bond donors (Lipinski definition) is 1. The van der Waals surface area contributed by atoms with Gasteiger partial charge in [-0.3, -0.25) is 4.79 Å². The summed E-state index contributed by atoms with van der Waals surface area (Å²) in [7, 11) is 0. The van der Waals surface area contributed by atoms with E-state index in [9.17, 15) is 4.79 Å². The number of nitrogens with zero attached hydrogens (tertiary/aromatic N) is 2. The average Bonchev–Trinajstić information content (AvgIpc) is 3.24. The lowest BCUT2D eigenvalue weighted by molar-refractivity contribution is 0.0944. The normalized spacial score (nSPS) is 12.8. The van der Waals surface area contributed by atoms with Gasteiger partial charge in [-0.15, -0.1) is 0 Å². The molecule has 0 fully saturated rings. The van der Waals surface area contributed by atoms with Crippen LogP contribution in [0.3, 0.4) is 0 Å². The molecular formula is C20H19N3O. The minimum absolute atomic E-state index is 0.0910. The second kappa shape index (κ2) is 6.32. The Morgan fingerprint density at radius 1 is 1.00 bits per heavy atom. The summed E-state index contributed by atoms with van der Waals surface area (Å²) >= 11 is 0. The van der Waals surface area contributed by atoms with E-state index in [1.165, 1.54) is 5.69 Å². The van der Waals surface area contributed by atoms with Gasteiger partial charge in [0.1, 0.15) is 0 Å². The molecule has 4 heteroatoms. The van der Waals surface area contributed by atoms with E-state index < -0.39 is 0 Å². The van der Waals surface area contributed by atoms with E-state index in [-0.39, 0.29) is 5.91 Å². The zero-order chi connectivity index (χ0) is 16.4. The van der Waals surface area contributed by atoms with Crippen LogP contribution in [0.25, 0.3) is 5.69 Å². The number of hydrogen-bond acceptors (Lipinski definition) is 2. The molecule has 4 rings (SSSR count). The lowest BCUT2D eigenvalue weighted by Crippen LogP contribution is -2.24. The molecule has 0 radical (unpaired) electrons. The van der Waals surface area contributed by atoms with Gasteiger partial charge < -0.3 is 5.32 Å². The number of para-hydroxylation sites is 1. The summed E-state index contributed by atoms with van der Waals surface area (Å²) in [5.74, 6) is -0.0910. The van der Waals surface area contributed by atoms with Crippen LogP contribution in [0.2, 0.25) is 0 Å².